The zero-order valence-corrected chi connectivity index (χ0v) is 29.4. The highest BCUT2D eigenvalue weighted by atomic mass is 16.2. The predicted molar refractivity (Wildman–Crippen MR) is 195 cm³/mol. The summed E-state index contributed by atoms with van der Waals surface area (Å²) in [4.78, 5) is 50.8. The molecule has 0 bridgehead atoms. The van der Waals surface area contributed by atoms with Crippen LogP contribution in [0.25, 0.3) is 21.8 Å². The maximum absolute atomic E-state index is 13.1. The molecule has 1 unspecified atom stereocenters. The predicted octanol–water partition coefficient (Wildman–Crippen LogP) is 7.49. The van der Waals surface area contributed by atoms with Crippen LogP contribution in [0.1, 0.15) is 97.3 Å². The highest BCUT2D eigenvalue weighted by Crippen LogP contribution is 2.67. The smallest absolute Gasteiger partial charge is 0.220 e. The van der Waals surface area contributed by atoms with Crippen LogP contribution in [0.3, 0.4) is 0 Å². The Kier molecular flexibility index (Phi) is 9.56. The van der Waals surface area contributed by atoms with Crippen LogP contribution in [0.5, 0.6) is 0 Å². The number of fused-ring (bicyclic) bond motifs is 7. The van der Waals surface area contributed by atoms with Gasteiger partial charge in [-0.1, -0.05) is 50.1 Å². The van der Waals surface area contributed by atoms with Crippen LogP contribution in [0, 0.1) is 34.5 Å². The molecule has 49 heavy (non-hydrogen) atoms. The van der Waals surface area contributed by atoms with Gasteiger partial charge in [0.15, 0.2) is 11.2 Å². The quantitative estimate of drug-likeness (QED) is 0.164. The number of hydrogen-bond acceptors (Lipinski definition) is 4. The second kappa shape index (κ2) is 13.9. The maximum Gasteiger partial charge on any atom is 0.220 e. The van der Waals surface area contributed by atoms with Crippen LogP contribution in [0.4, 0.5) is 0 Å². The van der Waals surface area contributed by atoms with Gasteiger partial charge in [0.2, 0.25) is 11.8 Å². The van der Waals surface area contributed by atoms with E-state index in [1.807, 2.05) is 54.6 Å². The number of para-hydroxylation sites is 2. The van der Waals surface area contributed by atoms with Gasteiger partial charge in [-0.3, -0.25) is 19.2 Å². The van der Waals surface area contributed by atoms with Crippen LogP contribution in [-0.4, -0.2) is 35.3 Å². The summed E-state index contributed by atoms with van der Waals surface area (Å²) in [7, 11) is 0. The molecule has 7 nitrogen and oxygen atoms in total. The minimum absolute atomic E-state index is 0.0259. The third kappa shape index (κ3) is 6.39. The molecule has 260 valence electrons. The molecule has 2 aromatic carbocycles. The van der Waals surface area contributed by atoms with Crippen molar-refractivity contribution in [3.8, 4) is 0 Å². The molecular weight excluding hydrogens is 610 g/mol. The lowest BCUT2D eigenvalue weighted by Crippen LogP contribution is -2.50. The Morgan fingerprint density at radius 3 is 2.20 bits per heavy atom. The topological polar surface area (TPSA) is 97.3 Å². The SMILES string of the molecule is C[C@]12CCC(=O)C=C1CC[C@@H]1[C@@H]2CC[C@]2(C)C(CC(=O)NCCNC(=O)CCCCCn3c4ccccc4c(=O)c4ccccc43)CC[C@@H]12. The molecular formula is C42H53N3O4. The second-order valence-electron chi connectivity index (χ2n) is 16.0. The third-order valence-corrected chi connectivity index (χ3v) is 13.5. The van der Waals surface area contributed by atoms with E-state index in [9.17, 15) is 19.2 Å². The molecule has 1 heterocycles. The fourth-order valence-electron chi connectivity index (χ4n) is 10.8. The minimum Gasteiger partial charge on any atom is -0.354 e. The summed E-state index contributed by atoms with van der Waals surface area (Å²) < 4.78 is 2.23. The summed E-state index contributed by atoms with van der Waals surface area (Å²) in [5.41, 5.74) is 3.80. The first-order valence-electron chi connectivity index (χ1n) is 19.0. The van der Waals surface area contributed by atoms with Gasteiger partial charge in [-0.2, -0.15) is 0 Å². The van der Waals surface area contributed by atoms with E-state index in [0.717, 1.165) is 66.9 Å². The lowest BCUT2D eigenvalue weighted by atomic mass is 9.47. The number of carbonyl (C=O) groups is 3. The van der Waals surface area contributed by atoms with E-state index in [1.165, 1.54) is 31.3 Å². The van der Waals surface area contributed by atoms with Crippen molar-refractivity contribution in [2.45, 2.75) is 104 Å². The monoisotopic (exact) mass is 663 g/mol. The Labute approximate surface area is 290 Å². The molecule has 0 spiro atoms. The molecule has 6 atom stereocenters. The highest BCUT2D eigenvalue weighted by Gasteiger charge is 2.58. The van der Waals surface area contributed by atoms with Crippen LogP contribution in [0.2, 0.25) is 0 Å². The fourth-order valence-corrected chi connectivity index (χ4v) is 10.8. The van der Waals surface area contributed by atoms with Gasteiger partial charge < -0.3 is 15.2 Å². The number of unbranched alkanes of at least 4 members (excludes halogenated alkanes) is 2. The Morgan fingerprint density at radius 2 is 1.47 bits per heavy atom. The Balaban J connectivity index is 0.823. The van der Waals surface area contributed by atoms with E-state index in [0.29, 0.717) is 61.8 Å². The molecule has 4 aliphatic carbocycles. The summed E-state index contributed by atoms with van der Waals surface area (Å²) in [6.45, 7) is 6.59. The van der Waals surface area contributed by atoms with E-state index in [2.05, 4.69) is 29.0 Å². The van der Waals surface area contributed by atoms with Gasteiger partial charge in [0, 0.05) is 49.7 Å². The average Bonchev–Trinajstić information content (AvgIpc) is 3.43. The molecule has 7 heteroatoms. The van der Waals surface area contributed by atoms with Crippen LogP contribution >= 0.6 is 0 Å². The van der Waals surface area contributed by atoms with Gasteiger partial charge in [-0.15, -0.1) is 0 Å². The van der Waals surface area contributed by atoms with Gasteiger partial charge in [0.05, 0.1) is 11.0 Å². The van der Waals surface area contributed by atoms with Crippen molar-refractivity contribution in [1.82, 2.24) is 15.2 Å². The second-order valence-corrected chi connectivity index (χ2v) is 16.0. The normalized spacial score (nSPS) is 29.2. The largest absolute Gasteiger partial charge is 0.354 e. The Morgan fingerprint density at radius 1 is 0.776 bits per heavy atom. The number of nitrogens with one attached hydrogen (secondary N) is 2. The first-order chi connectivity index (χ1) is 23.7. The minimum atomic E-state index is 0.0259. The number of nitrogens with zero attached hydrogens (tertiary/aromatic N) is 1. The number of ketones is 1. The summed E-state index contributed by atoms with van der Waals surface area (Å²) in [6.07, 6.45) is 14.4. The van der Waals surface area contributed by atoms with Crippen LogP contribution in [-0.2, 0) is 20.9 Å². The van der Waals surface area contributed by atoms with E-state index in [-0.39, 0.29) is 28.1 Å². The standard InChI is InChI=1S/C42H53N3O4/c1-41-21-19-30(46)26-28(41)15-17-31-34-18-16-29(42(34,2)22-20-35(31)41)27-39(48)44-24-23-43-38(47)14-4-3-9-25-45-36-12-7-5-10-32(36)40(49)33-11-6-8-13-37(33)45/h5-8,10-13,26,29,31,34-35H,3-4,9,14-25,27H2,1-2H3,(H,43,47)(H,44,48)/t29?,31-,34-,35-,41-,42+/m0/s1. The number of hydrogen-bond donors (Lipinski definition) is 2. The molecule has 0 saturated heterocycles. The van der Waals surface area contributed by atoms with Crippen molar-refractivity contribution in [3.05, 3.63) is 70.4 Å². The number of benzene rings is 2. The molecule has 2 N–H and O–H groups in total. The zero-order valence-electron chi connectivity index (χ0n) is 29.4. The van der Waals surface area contributed by atoms with E-state index >= 15 is 0 Å². The van der Waals surface area contributed by atoms with Crippen LogP contribution < -0.4 is 16.1 Å². The first kappa shape index (κ1) is 33.7. The molecule has 0 radical (unpaired) electrons. The van der Waals surface area contributed by atoms with Crippen molar-refractivity contribution in [3.63, 3.8) is 0 Å². The molecule has 2 amide bonds. The number of rotatable bonds is 11. The summed E-state index contributed by atoms with van der Waals surface area (Å²) >= 11 is 0. The fraction of sp³-hybridized carbons (Fsp3) is 0.571. The molecule has 3 saturated carbocycles. The van der Waals surface area contributed by atoms with Crippen molar-refractivity contribution in [2.75, 3.05) is 13.1 Å². The number of allylic oxidation sites excluding steroid dienone is 1. The molecule has 4 aliphatic rings. The molecule has 0 aliphatic heterocycles. The maximum atomic E-state index is 13.1. The summed E-state index contributed by atoms with van der Waals surface area (Å²) in [5, 5.41) is 7.56. The van der Waals surface area contributed by atoms with Crippen LogP contribution in [0.15, 0.2) is 65.0 Å². The van der Waals surface area contributed by atoms with Crippen molar-refractivity contribution < 1.29 is 14.4 Å². The number of aromatic nitrogens is 1. The van der Waals surface area contributed by atoms with Gasteiger partial charge in [0.25, 0.3) is 0 Å². The third-order valence-electron chi connectivity index (χ3n) is 13.5. The molecule has 7 rings (SSSR count). The lowest BCUT2D eigenvalue weighted by molar-refractivity contribution is -0.125. The van der Waals surface area contributed by atoms with E-state index < -0.39 is 0 Å². The Hall–Kier alpha value is -3.74. The van der Waals surface area contributed by atoms with Gasteiger partial charge >= 0.3 is 0 Å². The van der Waals surface area contributed by atoms with Gasteiger partial charge in [0.1, 0.15) is 0 Å². The first-order valence-corrected chi connectivity index (χ1v) is 19.0. The van der Waals surface area contributed by atoms with Crippen molar-refractivity contribution in [2.24, 2.45) is 34.5 Å². The molecule has 3 aromatic rings. The number of carbonyl (C=O) groups excluding carboxylic acids is 3. The molecule has 1 aromatic heterocycles. The van der Waals surface area contributed by atoms with Crippen molar-refractivity contribution in [1.29, 1.82) is 0 Å². The van der Waals surface area contributed by atoms with Gasteiger partial charge in [-0.05, 0) is 123 Å². The van der Waals surface area contributed by atoms with E-state index in [1.54, 1.807) is 0 Å². The summed E-state index contributed by atoms with van der Waals surface area (Å²) in [5.74, 6) is 2.92. The number of aryl methyl sites for hydroxylation is 1. The highest BCUT2D eigenvalue weighted by molar-refractivity contribution is 5.93. The average molecular weight is 664 g/mol. The number of pyridine rings is 1. The van der Waals surface area contributed by atoms with Gasteiger partial charge in [-0.25, -0.2) is 0 Å². The number of amides is 2. The Bertz CT molecular complexity index is 1780. The summed E-state index contributed by atoms with van der Waals surface area (Å²) in [6, 6.07) is 15.6. The lowest BCUT2D eigenvalue weighted by Gasteiger charge is -2.58. The van der Waals surface area contributed by atoms with E-state index in [4.69, 9.17) is 0 Å². The van der Waals surface area contributed by atoms with Crippen molar-refractivity contribution >= 4 is 39.4 Å². The molecule has 3 fully saturated rings. The zero-order chi connectivity index (χ0) is 34.2.